The van der Waals surface area contributed by atoms with E-state index in [-0.39, 0.29) is 11.3 Å². The first-order chi connectivity index (χ1) is 12.2. The molecule has 124 valence electrons. The third-order valence-corrected chi connectivity index (χ3v) is 4.97. The lowest BCUT2D eigenvalue weighted by Gasteiger charge is -2.25. The molecule has 6 heteroatoms. The lowest BCUT2D eigenvalue weighted by Crippen LogP contribution is -2.30. The van der Waals surface area contributed by atoms with Crippen LogP contribution in [0.15, 0.2) is 82.0 Å². The molecule has 0 radical (unpaired) electrons. The molecule has 1 N–H and O–H groups in total. The highest BCUT2D eigenvalue weighted by Crippen LogP contribution is 2.43. The van der Waals surface area contributed by atoms with Crippen molar-refractivity contribution in [3.05, 3.63) is 88.2 Å². The minimum atomic E-state index is -0.688. The number of para-hydroxylation sites is 1. The topological polar surface area (TPSA) is 70.8 Å². The second-order valence-electron chi connectivity index (χ2n) is 5.50. The number of hydrogen-bond acceptors (Lipinski definition) is 5. The maximum absolute atomic E-state index is 12.9. The van der Waals surface area contributed by atoms with Crippen LogP contribution in [-0.2, 0) is 4.79 Å². The van der Waals surface area contributed by atoms with Gasteiger partial charge in [0.2, 0.25) is 5.78 Å². The summed E-state index contributed by atoms with van der Waals surface area (Å²) >= 11 is 1.42. The molecule has 3 aromatic rings. The summed E-state index contributed by atoms with van der Waals surface area (Å²) in [4.78, 5) is 27.8. The van der Waals surface area contributed by atoms with E-state index in [4.69, 9.17) is 4.42 Å². The number of aliphatic hydroxyl groups is 1. The predicted molar refractivity (Wildman–Crippen MR) is 93.7 cm³/mol. The smallest absolute Gasteiger partial charge is 0.294 e. The van der Waals surface area contributed by atoms with Gasteiger partial charge in [-0.25, -0.2) is 0 Å². The molecule has 1 aliphatic rings. The van der Waals surface area contributed by atoms with Crippen molar-refractivity contribution in [2.45, 2.75) is 6.04 Å². The highest BCUT2D eigenvalue weighted by atomic mass is 32.1. The number of rotatable bonds is 4. The van der Waals surface area contributed by atoms with Gasteiger partial charge in [-0.2, -0.15) is 0 Å². The molecular formula is C19H13NO4S. The predicted octanol–water partition coefficient (Wildman–Crippen LogP) is 4.12. The Balaban J connectivity index is 1.87. The SMILES string of the molecule is O=C(C1=C(O)C(=O)N(c2ccccc2)C1c1cccs1)c1ccco1. The third kappa shape index (κ3) is 2.47. The van der Waals surface area contributed by atoms with Crippen LogP contribution in [0, 0.1) is 0 Å². The quantitative estimate of drug-likeness (QED) is 0.718. The highest BCUT2D eigenvalue weighted by molar-refractivity contribution is 7.10. The number of anilines is 1. The van der Waals surface area contributed by atoms with E-state index in [0.29, 0.717) is 5.69 Å². The molecule has 0 saturated heterocycles. The van der Waals surface area contributed by atoms with Gasteiger partial charge in [0.05, 0.1) is 11.8 Å². The largest absolute Gasteiger partial charge is 0.503 e. The van der Waals surface area contributed by atoms with Crippen LogP contribution >= 0.6 is 11.3 Å². The standard InChI is InChI=1S/C19H13NO4S/c21-17(13-8-4-10-24-13)15-16(14-9-5-11-25-14)20(19(23)18(15)22)12-6-2-1-3-7-12/h1-11,16,22H. The van der Waals surface area contributed by atoms with Gasteiger partial charge in [0.25, 0.3) is 5.91 Å². The molecule has 0 saturated carbocycles. The van der Waals surface area contributed by atoms with E-state index in [2.05, 4.69) is 0 Å². The van der Waals surface area contributed by atoms with Crippen molar-refractivity contribution in [1.29, 1.82) is 0 Å². The normalized spacial score (nSPS) is 17.4. The van der Waals surface area contributed by atoms with Crippen LogP contribution in [0.2, 0.25) is 0 Å². The van der Waals surface area contributed by atoms with Crippen LogP contribution in [-0.4, -0.2) is 16.8 Å². The van der Waals surface area contributed by atoms with Gasteiger partial charge in [-0.15, -0.1) is 11.3 Å². The fraction of sp³-hybridized carbons (Fsp3) is 0.0526. The van der Waals surface area contributed by atoms with E-state index < -0.39 is 23.5 Å². The molecule has 0 fully saturated rings. The number of amides is 1. The number of carbonyl (C=O) groups is 2. The number of carbonyl (C=O) groups excluding carboxylic acids is 2. The Morgan fingerprint density at radius 2 is 1.88 bits per heavy atom. The molecule has 0 aliphatic carbocycles. The summed E-state index contributed by atoms with van der Waals surface area (Å²) < 4.78 is 5.18. The maximum atomic E-state index is 12.9. The van der Waals surface area contributed by atoms with Crippen LogP contribution in [0.5, 0.6) is 0 Å². The summed E-state index contributed by atoms with van der Waals surface area (Å²) in [7, 11) is 0. The zero-order valence-electron chi connectivity index (χ0n) is 13.0. The summed E-state index contributed by atoms with van der Waals surface area (Å²) in [5.74, 6) is -1.54. The summed E-state index contributed by atoms with van der Waals surface area (Å²) in [5, 5.41) is 12.3. The number of benzene rings is 1. The Hall–Kier alpha value is -3.12. The van der Waals surface area contributed by atoms with Gasteiger partial charge >= 0.3 is 0 Å². The van der Waals surface area contributed by atoms with Crippen LogP contribution < -0.4 is 4.90 Å². The van der Waals surface area contributed by atoms with Gasteiger partial charge in [0, 0.05) is 10.6 Å². The Kier molecular flexibility index (Phi) is 3.74. The van der Waals surface area contributed by atoms with E-state index in [0.717, 1.165) is 4.88 Å². The first-order valence-electron chi connectivity index (χ1n) is 7.62. The molecule has 4 rings (SSSR count). The van der Waals surface area contributed by atoms with Crippen LogP contribution in [0.25, 0.3) is 0 Å². The maximum Gasteiger partial charge on any atom is 0.294 e. The zero-order chi connectivity index (χ0) is 17.4. The molecule has 25 heavy (non-hydrogen) atoms. The molecule has 3 heterocycles. The molecule has 1 amide bonds. The molecule has 1 aromatic carbocycles. The Labute approximate surface area is 147 Å². The monoisotopic (exact) mass is 351 g/mol. The van der Waals surface area contributed by atoms with E-state index in [1.54, 1.807) is 30.3 Å². The van der Waals surface area contributed by atoms with Crippen molar-refractivity contribution in [3.63, 3.8) is 0 Å². The number of thiophene rings is 1. The molecule has 1 atom stereocenters. The number of furan rings is 1. The van der Waals surface area contributed by atoms with Gasteiger partial charge in [-0.1, -0.05) is 24.3 Å². The van der Waals surface area contributed by atoms with Gasteiger partial charge < -0.3 is 9.52 Å². The van der Waals surface area contributed by atoms with E-state index in [1.165, 1.54) is 28.6 Å². The minimum Gasteiger partial charge on any atom is -0.503 e. The minimum absolute atomic E-state index is 0.0336. The van der Waals surface area contributed by atoms with Crippen molar-refractivity contribution in [1.82, 2.24) is 0 Å². The highest BCUT2D eigenvalue weighted by Gasteiger charge is 2.45. The Morgan fingerprint density at radius 1 is 1.08 bits per heavy atom. The number of nitrogens with zero attached hydrogens (tertiary/aromatic N) is 1. The van der Waals surface area contributed by atoms with Crippen LogP contribution in [0.3, 0.4) is 0 Å². The first-order valence-corrected chi connectivity index (χ1v) is 8.50. The fourth-order valence-corrected chi connectivity index (χ4v) is 3.77. The molecule has 2 aromatic heterocycles. The lowest BCUT2D eigenvalue weighted by molar-refractivity contribution is -0.117. The molecule has 0 bridgehead atoms. The number of aliphatic hydroxyl groups excluding tert-OH is 1. The number of Topliss-reactive ketones (excluding diaryl/α,β-unsaturated/α-hetero) is 1. The molecular weight excluding hydrogens is 338 g/mol. The molecule has 5 nitrogen and oxygen atoms in total. The lowest BCUT2D eigenvalue weighted by atomic mass is 10.00. The van der Waals surface area contributed by atoms with Crippen molar-refractivity contribution >= 4 is 28.7 Å². The Bertz CT molecular complexity index is 943. The van der Waals surface area contributed by atoms with Crippen molar-refractivity contribution < 1.29 is 19.1 Å². The van der Waals surface area contributed by atoms with Crippen LogP contribution in [0.1, 0.15) is 21.5 Å². The third-order valence-electron chi connectivity index (χ3n) is 4.04. The average Bonchev–Trinajstić information content (AvgIpc) is 3.37. The zero-order valence-corrected chi connectivity index (χ0v) is 13.8. The van der Waals surface area contributed by atoms with E-state index in [1.807, 2.05) is 23.6 Å². The van der Waals surface area contributed by atoms with Gasteiger partial charge in [-0.05, 0) is 35.7 Å². The van der Waals surface area contributed by atoms with Crippen molar-refractivity contribution in [3.8, 4) is 0 Å². The van der Waals surface area contributed by atoms with Gasteiger partial charge in [0.15, 0.2) is 11.5 Å². The fourth-order valence-electron chi connectivity index (χ4n) is 2.95. The average molecular weight is 351 g/mol. The number of ketones is 1. The molecule has 1 unspecified atom stereocenters. The van der Waals surface area contributed by atoms with Crippen molar-refractivity contribution in [2.24, 2.45) is 0 Å². The second-order valence-corrected chi connectivity index (χ2v) is 6.48. The Morgan fingerprint density at radius 3 is 2.52 bits per heavy atom. The van der Waals surface area contributed by atoms with Gasteiger partial charge in [0.1, 0.15) is 6.04 Å². The summed E-state index contributed by atoms with van der Waals surface area (Å²) in [6.07, 6.45) is 1.39. The number of hydrogen-bond donors (Lipinski definition) is 1. The van der Waals surface area contributed by atoms with E-state index >= 15 is 0 Å². The molecule has 1 aliphatic heterocycles. The second kappa shape index (κ2) is 6.07. The van der Waals surface area contributed by atoms with E-state index in [9.17, 15) is 14.7 Å². The van der Waals surface area contributed by atoms with Crippen LogP contribution in [0.4, 0.5) is 5.69 Å². The van der Waals surface area contributed by atoms with Gasteiger partial charge in [-0.3, -0.25) is 14.5 Å². The van der Waals surface area contributed by atoms with Crippen molar-refractivity contribution in [2.75, 3.05) is 4.90 Å². The first kappa shape index (κ1) is 15.4. The summed E-state index contributed by atoms with van der Waals surface area (Å²) in [5.41, 5.74) is 0.644. The summed E-state index contributed by atoms with van der Waals surface area (Å²) in [6.45, 7) is 0. The summed E-state index contributed by atoms with van der Waals surface area (Å²) in [6, 6.07) is 15.1. The molecule has 0 spiro atoms.